The quantitative estimate of drug-likeness (QED) is 0.722. The number of pyridine rings is 1. The third kappa shape index (κ3) is 3.85. The lowest BCUT2D eigenvalue weighted by atomic mass is 10.1. The Morgan fingerprint density at radius 1 is 1.00 bits per heavy atom. The first kappa shape index (κ1) is 15.6. The van der Waals surface area contributed by atoms with Crippen LogP contribution in [-0.4, -0.2) is 36.8 Å². The SMILES string of the molecule is O=S(=O)(NCCO)c1ccc(-c2ccc(CO)nc2)cc1. The van der Waals surface area contributed by atoms with E-state index in [1.54, 1.807) is 24.4 Å². The Morgan fingerprint density at radius 2 is 1.67 bits per heavy atom. The molecule has 1 aromatic heterocycles. The van der Waals surface area contributed by atoms with Crippen LogP contribution in [-0.2, 0) is 16.6 Å². The Balaban J connectivity index is 2.22. The summed E-state index contributed by atoms with van der Waals surface area (Å²) in [6, 6.07) is 9.88. The molecule has 2 rings (SSSR count). The van der Waals surface area contributed by atoms with Gasteiger partial charge in [0.1, 0.15) is 0 Å². The minimum Gasteiger partial charge on any atom is -0.395 e. The number of nitrogens with one attached hydrogen (secondary N) is 1. The monoisotopic (exact) mass is 308 g/mol. The summed E-state index contributed by atoms with van der Waals surface area (Å²) in [6.45, 7) is -0.384. The standard InChI is InChI=1S/C14H16N2O4S/c17-8-7-16-21(19,20)14-5-2-11(3-6-14)12-1-4-13(10-18)15-9-12/h1-6,9,16-18H,7-8,10H2. The molecule has 1 aromatic carbocycles. The van der Waals surface area contributed by atoms with Gasteiger partial charge in [-0.3, -0.25) is 4.98 Å². The zero-order chi connectivity index (χ0) is 15.3. The summed E-state index contributed by atoms with van der Waals surface area (Å²) in [5.41, 5.74) is 2.23. The molecule has 6 nitrogen and oxygen atoms in total. The van der Waals surface area contributed by atoms with Crippen LogP contribution in [0.5, 0.6) is 0 Å². The highest BCUT2D eigenvalue weighted by Gasteiger charge is 2.12. The van der Waals surface area contributed by atoms with E-state index in [-0.39, 0.29) is 24.7 Å². The predicted molar refractivity (Wildman–Crippen MR) is 77.9 cm³/mol. The van der Waals surface area contributed by atoms with Crippen LogP contribution in [0.1, 0.15) is 5.69 Å². The average molecular weight is 308 g/mol. The van der Waals surface area contributed by atoms with E-state index in [1.165, 1.54) is 12.1 Å². The Bertz CT molecular complexity index is 682. The van der Waals surface area contributed by atoms with Crippen molar-refractivity contribution in [3.05, 3.63) is 48.3 Å². The van der Waals surface area contributed by atoms with Gasteiger partial charge in [-0.25, -0.2) is 13.1 Å². The van der Waals surface area contributed by atoms with E-state index in [4.69, 9.17) is 10.2 Å². The number of nitrogens with zero attached hydrogens (tertiary/aromatic N) is 1. The second kappa shape index (κ2) is 6.77. The second-order valence-corrected chi connectivity index (χ2v) is 6.11. The van der Waals surface area contributed by atoms with Gasteiger partial charge in [0.05, 0.1) is 23.8 Å². The molecule has 0 aliphatic rings. The maximum Gasteiger partial charge on any atom is 0.240 e. The summed E-state index contributed by atoms with van der Waals surface area (Å²) in [7, 11) is -3.59. The molecule has 112 valence electrons. The number of rotatable bonds is 6. The average Bonchev–Trinajstić information content (AvgIpc) is 2.53. The highest BCUT2D eigenvalue weighted by atomic mass is 32.2. The highest BCUT2D eigenvalue weighted by molar-refractivity contribution is 7.89. The molecule has 1 heterocycles. The Labute approximate surface area is 123 Å². The topological polar surface area (TPSA) is 99.5 Å². The van der Waals surface area contributed by atoms with Gasteiger partial charge in [0.15, 0.2) is 0 Å². The van der Waals surface area contributed by atoms with Gasteiger partial charge >= 0.3 is 0 Å². The molecule has 0 aliphatic heterocycles. The van der Waals surface area contributed by atoms with Crippen molar-refractivity contribution in [2.24, 2.45) is 0 Å². The van der Waals surface area contributed by atoms with Crippen molar-refractivity contribution in [3.8, 4) is 11.1 Å². The summed E-state index contributed by atoms with van der Waals surface area (Å²) >= 11 is 0. The maximum absolute atomic E-state index is 11.9. The van der Waals surface area contributed by atoms with Gasteiger partial charge in [0.2, 0.25) is 10.0 Å². The van der Waals surface area contributed by atoms with Crippen molar-refractivity contribution < 1.29 is 18.6 Å². The highest BCUT2D eigenvalue weighted by Crippen LogP contribution is 2.20. The van der Waals surface area contributed by atoms with Crippen LogP contribution < -0.4 is 4.72 Å². The summed E-state index contributed by atoms with van der Waals surface area (Å²) in [5.74, 6) is 0. The van der Waals surface area contributed by atoms with Crippen LogP contribution >= 0.6 is 0 Å². The van der Waals surface area contributed by atoms with E-state index < -0.39 is 10.0 Å². The van der Waals surface area contributed by atoms with Crippen molar-refractivity contribution in [1.29, 1.82) is 0 Å². The number of benzene rings is 1. The fourth-order valence-electron chi connectivity index (χ4n) is 1.78. The number of hydrogen-bond acceptors (Lipinski definition) is 5. The zero-order valence-corrected chi connectivity index (χ0v) is 12.0. The molecule has 0 radical (unpaired) electrons. The smallest absolute Gasteiger partial charge is 0.240 e. The molecule has 0 aliphatic carbocycles. The molecule has 7 heteroatoms. The van der Waals surface area contributed by atoms with Crippen molar-refractivity contribution in [2.45, 2.75) is 11.5 Å². The van der Waals surface area contributed by atoms with Crippen molar-refractivity contribution in [3.63, 3.8) is 0 Å². The van der Waals surface area contributed by atoms with E-state index in [2.05, 4.69) is 9.71 Å². The first-order valence-corrected chi connectivity index (χ1v) is 7.82. The molecule has 21 heavy (non-hydrogen) atoms. The van der Waals surface area contributed by atoms with Crippen LogP contribution in [0.3, 0.4) is 0 Å². The molecule has 0 amide bonds. The van der Waals surface area contributed by atoms with Crippen molar-refractivity contribution in [1.82, 2.24) is 9.71 Å². The molecule has 3 N–H and O–H groups in total. The number of sulfonamides is 1. The van der Waals surface area contributed by atoms with E-state index in [1.807, 2.05) is 6.07 Å². The van der Waals surface area contributed by atoms with Gasteiger partial charge in [0, 0.05) is 18.3 Å². The van der Waals surface area contributed by atoms with E-state index >= 15 is 0 Å². The second-order valence-electron chi connectivity index (χ2n) is 4.34. The van der Waals surface area contributed by atoms with Crippen molar-refractivity contribution in [2.75, 3.05) is 13.2 Å². The van der Waals surface area contributed by atoms with Crippen LogP contribution in [0.15, 0.2) is 47.5 Å². The number of aliphatic hydroxyl groups excluding tert-OH is 2. The fourth-order valence-corrected chi connectivity index (χ4v) is 2.80. The van der Waals surface area contributed by atoms with Crippen molar-refractivity contribution >= 4 is 10.0 Å². The Kier molecular flexibility index (Phi) is 5.03. The van der Waals surface area contributed by atoms with E-state index in [9.17, 15) is 8.42 Å². The maximum atomic E-state index is 11.9. The van der Waals surface area contributed by atoms with Gasteiger partial charge in [-0.1, -0.05) is 18.2 Å². The summed E-state index contributed by atoms with van der Waals surface area (Å²) in [4.78, 5) is 4.22. The van der Waals surface area contributed by atoms with Gasteiger partial charge in [-0.05, 0) is 23.8 Å². The molecule has 2 aromatic rings. The molecular weight excluding hydrogens is 292 g/mol. The normalized spacial score (nSPS) is 11.5. The summed E-state index contributed by atoms with van der Waals surface area (Å²) in [5, 5.41) is 17.6. The summed E-state index contributed by atoms with van der Waals surface area (Å²) < 4.78 is 26.0. The molecule has 0 fully saturated rings. The van der Waals surface area contributed by atoms with E-state index in [0.717, 1.165) is 11.1 Å². The predicted octanol–water partition coefficient (Wildman–Crippen LogP) is 0.511. The van der Waals surface area contributed by atoms with Crippen LogP contribution in [0.2, 0.25) is 0 Å². The molecular formula is C14H16N2O4S. The minimum atomic E-state index is -3.59. The first-order chi connectivity index (χ1) is 10.1. The lowest BCUT2D eigenvalue weighted by Crippen LogP contribution is -2.26. The van der Waals surface area contributed by atoms with Crippen LogP contribution in [0.4, 0.5) is 0 Å². The van der Waals surface area contributed by atoms with Gasteiger partial charge in [-0.2, -0.15) is 0 Å². The Hall–Kier alpha value is -1.80. The molecule has 0 spiro atoms. The van der Waals surface area contributed by atoms with Gasteiger partial charge in [0.25, 0.3) is 0 Å². The zero-order valence-electron chi connectivity index (χ0n) is 11.2. The van der Waals surface area contributed by atoms with Gasteiger partial charge in [-0.15, -0.1) is 0 Å². The fraction of sp³-hybridized carbons (Fsp3) is 0.214. The van der Waals surface area contributed by atoms with Gasteiger partial charge < -0.3 is 10.2 Å². The lowest BCUT2D eigenvalue weighted by Gasteiger charge is -2.07. The third-order valence-electron chi connectivity index (χ3n) is 2.89. The third-order valence-corrected chi connectivity index (χ3v) is 4.37. The lowest BCUT2D eigenvalue weighted by molar-refractivity contribution is 0.277. The molecule has 0 atom stereocenters. The number of aromatic nitrogens is 1. The molecule has 0 saturated carbocycles. The van der Waals surface area contributed by atoms with Crippen LogP contribution in [0, 0.1) is 0 Å². The number of hydrogen-bond donors (Lipinski definition) is 3. The first-order valence-electron chi connectivity index (χ1n) is 6.33. The van der Waals surface area contributed by atoms with Crippen LogP contribution in [0.25, 0.3) is 11.1 Å². The molecule has 0 saturated heterocycles. The van der Waals surface area contributed by atoms with E-state index in [0.29, 0.717) is 5.69 Å². The largest absolute Gasteiger partial charge is 0.395 e. The summed E-state index contributed by atoms with van der Waals surface area (Å²) in [6.07, 6.45) is 1.62. The Morgan fingerprint density at radius 3 is 2.19 bits per heavy atom. The molecule has 0 bridgehead atoms. The minimum absolute atomic E-state index is 0.0172. The number of aliphatic hydroxyl groups is 2. The molecule has 0 unspecified atom stereocenters.